The average molecular weight is 362 g/mol. The predicted octanol–water partition coefficient (Wildman–Crippen LogP) is 3.82. The van der Waals surface area contributed by atoms with Gasteiger partial charge in [-0.15, -0.1) is 0 Å². The normalized spacial score (nSPS) is 20.9. The van der Waals surface area contributed by atoms with Crippen molar-refractivity contribution in [1.82, 2.24) is 5.32 Å². The highest BCUT2D eigenvalue weighted by Crippen LogP contribution is 2.40. The van der Waals surface area contributed by atoms with Gasteiger partial charge in [-0.05, 0) is 37.3 Å². The smallest absolute Gasteiger partial charge is 0.206 e. The molecule has 0 spiro atoms. The maximum Gasteiger partial charge on any atom is 0.206 e. The molecule has 1 unspecified atom stereocenters. The topological polar surface area (TPSA) is 59.3 Å². The Kier molecular flexibility index (Phi) is 3.49. The molecule has 24 heavy (non-hydrogen) atoms. The molecule has 0 saturated heterocycles. The largest absolute Gasteiger partial charge is 0.461 e. The van der Waals surface area contributed by atoms with E-state index in [1.165, 1.54) is 0 Å². The fourth-order valence-corrected chi connectivity index (χ4v) is 4.83. The van der Waals surface area contributed by atoms with Gasteiger partial charge in [0.15, 0.2) is 0 Å². The monoisotopic (exact) mass is 361 g/mol. The third kappa shape index (κ3) is 2.35. The molecule has 3 aromatic rings. The highest BCUT2D eigenvalue weighted by atomic mass is 35.5. The van der Waals surface area contributed by atoms with E-state index in [9.17, 15) is 8.42 Å². The van der Waals surface area contributed by atoms with Gasteiger partial charge < -0.3 is 4.42 Å². The molecule has 0 radical (unpaired) electrons. The summed E-state index contributed by atoms with van der Waals surface area (Å²) >= 11 is 6.59. The number of furan rings is 1. The van der Waals surface area contributed by atoms with Crippen LogP contribution in [0.15, 0.2) is 62.7 Å². The van der Waals surface area contributed by atoms with E-state index < -0.39 is 14.8 Å². The van der Waals surface area contributed by atoms with Crippen LogP contribution >= 0.6 is 11.6 Å². The number of nitrogens with one attached hydrogen (secondary N) is 1. The second-order valence-corrected chi connectivity index (χ2v) is 8.76. The number of halogens is 1. The fourth-order valence-electron chi connectivity index (χ4n) is 3.22. The lowest BCUT2D eigenvalue weighted by molar-refractivity contribution is 0.431. The Morgan fingerprint density at radius 3 is 2.62 bits per heavy atom. The van der Waals surface area contributed by atoms with Gasteiger partial charge in [0.2, 0.25) is 9.84 Å². The fraction of sp³-hybridized carbons (Fsp3) is 0.222. The van der Waals surface area contributed by atoms with E-state index in [1.54, 1.807) is 48.5 Å². The lowest BCUT2D eigenvalue weighted by Gasteiger charge is -2.28. The van der Waals surface area contributed by atoms with Crippen LogP contribution in [0.25, 0.3) is 11.0 Å². The quantitative estimate of drug-likeness (QED) is 0.556. The van der Waals surface area contributed by atoms with Crippen LogP contribution in [0.2, 0.25) is 0 Å². The molecule has 4 rings (SSSR count). The van der Waals surface area contributed by atoms with Crippen molar-refractivity contribution in [3.63, 3.8) is 0 Å². The van der Waals surface area contributed by atoms with Crippen molar-refractivity contribution in [3.05, 3.63) is 59.9 Å². The molecule has 0 amide bonds. The van der Waals surface area contributed by atoms with Crippen LogP contribution < -0.4 is 5.32 Å². The van der Waals surface area contributed by atoms with Gasteiger partial charge in [0, 0.05) is 23.9 Å². The molecule has 0 aliphatic carbocycles. The number of sulfone groups is 1. The summed E-state index contributed by atoms with van der Waals surface area (Å²) in [6.45, 7) is 2.59. The van der Waals surface area contributed by atoms with Crippen molar-refractivity contribution < 1.29 is 12.8 Å². The van der Waals surface area contributed by atoms with Gasteiger partial charge in [-0.3, -0.25) is 5.32 Å². The van der Waals surface area contributed by atoms with Crippen molar-refractivity contribution >= 4 is 32.4 Å². The maximum absolute atomic E-state index is 12.8. The number of hydrogen-bond acceptors (Lipinski definition) is 4. The number of alkyl halides is 1. The van der Waals surface area contributed by atoms with Crippen molar-refractivity contribution in [3.8, 4) is 0 Å². The highest BCUT2D eigenvalue weighted by molar-refractivity contribution is 7.91. The van der Waals surface area contributed by atoms with Gasteiger partial charge in [0.05, 0.1) is 9.79 Å². The van der Waals surface area contributed by atoms with Gasteiger partial charge in [0.1, 0.15) is 16.3 Å². The Morgan fingerprint density at radius 2 is 1.88 bits per heavy atom. The SMILES string of the molecule is CC1(Cl)NCCc2oc3ccc(S(=O)(=O)c4ccccc4)cc3c21. The maximum atomic E-state index is 12.8. The van der Waals surface area contributed by atoms with E-state index >= 15 is 0 Å². The van der Waals surface area contributed by atoms with Crippen LogP contribution in [0.1, 0.15) is 18.2 Å². The zero-order valence-electron chi connectivity index (χ0n) is 13.0. The number of rotatable bonds is 2. The standard InChI is InChI=1S/C18H16ClNO3S/c1-18(19)17-14-11-13(24(21,22)12-5-3-2-4-6-12)7-8-15(14)23-16(17)9-10-20-18/h2-8,11,20H,9-10H2,1H3. The Balaban J connectivity index is 1.94. The van der Waals surface area contributed by atoms with E-state index in [0.717, 1.165) is 29.7 Å². The van der Waals surface area contributed by atoms with Gasteiger partial charge in [-0.25, -0.2) is 8.42 Å². The lowest BCUT2D eigenvalue weighted by atomic mass is 9.99. The molecule has 2 aromatic carbocycles. The first-order chi connectivity index (χ1) is 11.4. The lowest BCUT2D eigenvalue weighted by Crippen LogP contribution is -2.39. The second kappa shape index (κ2) is 5.34. The Bertz CT molecular complexity index is 1020. The number of hydrogen-bond donors (Lipinski definition) is 1. The minimum Gasteiger partial charge on any atom is -0.461 e. The molecule has 4 nitrogen and oxygen atoms in total. The van der Waals surface area contributed by atoms with Gasteiger partial charge in [-0.1, -0.05) is 29.8 Å². The molecule has 6 heteroatoms. The minimum atomic E-state index is -3.58. The Morgan fingerprint density at radius 1 is 1.12 bits per heavy atom. The molecule has 1 aliphatic rings. The molecule has 2 heterocycles. The molecule has 1 aliphatic heterocycles. The molecule has 1 aromatic heterocycles. The van der Waals surface area contributed by atoms with Crippen LogP contribution in [0.3, 0.4) is 0 Å². The van der Waals surface area contributed by atoms with E-state index in [2.05, 4.69) is 5.32 Å². The van der Waals surface area contributed by atoms with E-state index in [-0.39, 0.29) is 9.79 Å². The molecule has 1 atom stereocenters. The van der Waals surface area contributed by atoms with E-state index in [1.807, 2.05) is 6.92 Å². The summed E-state index contributed by atoms with van der Waals surface area (Å²) in [5, 5.41) is 3.98. The van der Waals surface area contributed by atoms with Gasteiger partial charge in [-0.2, -0.15) is 0 Å². The van der Waals surface area contributed by atoms with Crippen molar-refractivity contribution in [2.45, 2.75) is 28.1 Å². The third-order valence-electron chi connectivity index (χ3n) is 4.37. The first-order valence-corrected chi connectivity index (χ1v) is 9.56. The zero-order chi connectivity index (χ0) is 16.9. The summed E-state index contributed by atoms with van der Waals surface area (Å²) in [6, 6.07) is 13.4. The third-order valence-corrected chi connectivity index (χ3v) is 6.46. The van der Waals surface area contributed by atoms with Crippen LogP contribution in [0.4, 0.5) is 0 Å². The summed E-state index contributed by atoms with van der Waals surface area (Å²) in [5.74, 6) is 0.815. The van der Waals surface area contributed by atoms with Gasteiger partial charge in [0.25, 0.3) is 0 Å². The first kappa shape index (κ1) is 15.7. The van der Waals surface area contributed by atoms with Crippen molar-refractivity contribution in [2.24, 2.45) is 0 Å². The molecule has 0 bridgehead atoms. The average Bonchev–Trinajstić information content (AvgIpc) is 2.94. The Hall–Kier alpha value is -1.82. The minimum absolute atomic E-state index is 0.239. The Labute approximate surface area is 145 Å². The number of benzene rings is 2. The van der Waals surface area contributed by atoms with Crippen LogP contribution in [-0.2, 0) is 21.3 Å². The summed E-state index contributed by atoms with van der Waals surface area (Å²) in [6.07, 6.45) is 0.729. The molecule has 0 saturated carbocycles. The van der Waals surface area contributed by atoms with Crippen molar-refractivity contribution in [1.29, 1.82) is 0 Å². The molecule has 0 fully saturated rings. The highest BCUT2D eigenvalue weighted by Gasteiger charge is 2.35. The predicted molar refractivity (Wildman–Crippen MR) is 93.0 cm³/mol. The molecule has 124 valence electrons. The van der Waals surface area contributed by atoms with Gasteiger partial charge >= 0.3 is 0 Å². The molecular formula is C18H16ClNO3S. The zero-order valence-corrected chi connectivity index (χ0v) is 14.6. The summed E-state index contributed by atoms with van der Waals surface area (Å²) < 4.78 is 31.6. The number of fused-ring (bicyclic) bond motifs is 3. The first-order valence-electron chi connectivity index (χ1n) is 7.69. The summed E-state index contributed by atoms with van der Waals surface area (Å²) in [4.78, 5) is -0.259. The van der Waals surface area contributed by atoms with Crippen molar-refractivity contribution in [2.75, 3.05) is 6.54 Å². The molecule has 1 N–H and O–H groups in total. The van der Waals surface area contributed by atoms with Crippen LogP contribution in [0, 0.1) is 0 Å². The summed E-state index contributed by atoms with van der Waals surface area (Å²) in [5.41, 5.74) is 1.48. The van der Waals surface area contributed by atoms with Crippen LogP contribution in [-0.4, -0.2) is 15.0 Å². The molecular weight excluding hydrogens is 346 g/mol. The van der Waals surface area contributed by atoms with E-state index in [4.69, 9.17) is 16.0 Å². The van der Waals surface area contributed by atoms with Crippen LogP contribution in [0.5, 0.6) is 0 Å². The van der Waals surface area contributed by atoms with E-state index in [0.29, 0.717) is 5.58 Å². The summed E-state index contributed by atoms with van der Waals surface area (Å²) in [7, 11) is -3.58. The second-order valence-electron chi connectivity index (χ2n) is 6.05.